The zero-order chi connectivity index (χ0) is 19.7. The minimum absolute atomic E-state index is 0.0652. The third kappa shape index (κ3) is 3.51. The molecule has 2 N–H and O–H groups in total. The van der Waals surface area contributed by atoms with Gasteiger partial charge in [0.2, 0.25) is 5.88 Å². The first-order valence-corrected chi connectivity index (χ1v) is 9.38. The Hall–Kier alpha value is -3.10. The lowest BCUT2D eigenvalue weighted by atomic mass is 10.0. The van der Waals surface area contributed by atoms with Gasteiger partial charge in [-0.3, -0.25) is 0 Å². The summed E-state index contributed by atoms with van der Waals surface area (Å²) in [6, 6.07) is 2.14. The molecule has 0 bridgehead atoms. The van der Waals surface area contributed by atoms with Gasteiger partial charge in [0.25, 0.3) is 0 Å². The summed E-state index contributed by atoms with van der Waals surface area (Å²) in [4.78, 5) is 28.1. The number of pyridine rings is 1. The Labute approximate surface area is 163 Å². The molecule has 2 aromatic heterocycles. The second-order valence-electron chi connectivity index (χ2n) is 7.20. The summed E-state index contributed by atoms with van der Waals surface area (Å²) < 4.78 is 5.26. The van der Waals surface area contributed by atoms with Crippen LogP contribution in [0.5, 0.6) is 5.88 Å². The standard InChI is InChI=1S/C19H24N6O3/c1-12-7-14(8-20-18(12)28-2)24-6-4-16-15(10-24)17(22-11-21-16)23-13-3-5-25(9-13)19(26)27/h7-8,11,13H,3-6,9-10H2,1-2H3,(H,26,27)(H,21,22,23)/t13-/m0/s1. The molecule has 9 nitrogen and oxygen atoms in total. The first kappa shape index (κ1) is 18.3. The zero-order valence-electron chi connectivity index (χ0n) is 16.1. The van der Waals surface area contributed by atoms with Crippen molar-refractivity contribution in [2.24, 2.45) is 0 Å². The van der Waals surface area contributed by atoms with Crippen molar-refractivity contribution >= 4 is 17.6 Å². The summed E-state index contributed by atoms with van der Waals surface area (Å²) in [5.41, 5.74) is 4.14. The molecular weight excluding hydrogens is 360 g/mol. The van der Waals surface area contributed by atoms with Crippen LogP contribution in [0.4, 0.5) is 16.3 Å². The van der Waals surface area contributed by atoms with E-state index in [0.29, 0.717) is 25.5 Å². The predicted molar refractivity (Wildman–Crippen MR) is 104 cm³/mol. The van der Waals surface area contributed by atoms with Crippen LogP contribution in [0.25, 0.3) is 0 Å². The van der Waals surface area contributed by atoms with Crippen molar-refractivity contribution in [2.75, 3.05) is 37.0 Å². The summed E-state index contributed by atoms with van der Waals surface area (Å²) in [7, 11) is 1.62. The van der Waals surface area contributed by atoms with Gasteiger partial charge < -0.3 is 25.0 Å². The number of aryl methyl sites for hydroxylation is 1. The number of fused-ring (bicyclic) bond motifs is 1. The minimum Gasteiger partial charge on any atom is -0.481 e. The molecule has 1 saturated heterocycles. The maximum absolute atomic E-state index is 11.2. The summed E-state index contributed by atoms with van der Waals surface area (Å²) in [6.45, 7) is 4.54. The number of carboxylic acid groups (broad SMARTS) is 1. The Morgan fingerprint density at radius 1 is 1.32 bits per heavy atom. The van der Waals surface area contributed by atoms with Crippen molar-refractivity contribution < 1.29 is 14.6 Å². The van der Waals surface area contributed by atoms with E-state index in [2.05, 4.69) is 31.2 Å². The lowest BCUT2D eigenvalue weighted by molar-refractivity contribution is 0.155. The van der Waals surface area contributed by atoms with Crippen LogP contribution in [0.2, 0.25) is 0 Å². The molecule has 0 radical (unpaired) electrons. The number of amides is 1. The van der Waals surface area contributed by atoms with Gasteiger partial charge in [-0.2, -0.15) is 0 Å². The molecule has 2 aromatic rings. The van der Waals surface area contributed by atoms with Gasteiger partial charge in [-0.25, -0.2) is 19.7 Å². The third-order valence-electron chi connectivity index (χ3n) is 5.38. The fourth-order valence-electron chi connectivity index (χ4n) is 3.87. The zero-order valence-corrected chi connectivity index (χ0v) is 16.1. The van der Waals surface area contributed by atoms with Gasteiger partial charge in [0.1, 0.15) is 12.1 Å². The quantitative estimate of drug-likeness (QED) is 0.824. The molecule has 9 heteroatoms. The molecule has 0 aromatic carbocycles. The van der Waals surface area contributed by atoms with Crippen LogP contribution in [0, 0.1) is 6.92 Å². The number of rotatable bonds is 4. The molecule has 148 valence electrons. The molecule has 4 rings (SSSR count). The first-order valence-electron chi connectivity index (χ1n) is 9.38. The number of nitrogens with one attached hydrogen (secondary N) is 1. The van der Waals surface area contributed by atoms with Crippen LogP contribution in [-0.4, -0.2) is 63.8 Å². The summed E-state index contributed by atoms with van der Waals surface area (Å²) in [5, 5.41) is 12.6. The van der Waals surface area contributed by atoms with Gasteiger partial charge in [-0.1, -0.05) is 0 Å². The second-order valence-corrected chi connectivity index (χ2v) is 7.20. The number of carbonyl (C=O) groups is 1. The number of aromatic nitrogens is 3. The van der Waals surface area contributed by atoms with Crippen LogP contribution in [-0.2, 0) is 13.0 Å². The van der Waals surface area contributed by atoms with Gasteiger partial charge >= 0.3 is 6.09 Å². The van der Waals surface area contributed by atoms with Gasteiger partial charge in [-0.05, 0) is 19.4 Å². The van der Waals surface area contributed by atoms with Gasteiger partial charge in [0, 0.05) is 49.8 Å². The monoisotopic (exact) mass is 384 g/mol. The highest BCUT2D eigenvalue weighted by molar-refractivity contribution is 5.65. The Kier molecular flexibility index (Phi) is 4.89. The van der Waals surface area contributed by atoms with Gasteiger partial charge in [-0.15, -0.1) is 0 Å². The molecule has 0 unspecified atom stereocenters. The van der Waals surface area contributed by atoms with E-state index < -0.39 is 6.09 Å². The largest absolute Gasteiger partial charge is 0.481 e. The summed E-state index contributed by atoms with van der Waals surface area (Å²) in [6.07, 6.45) is 4.14. The smallest absolute Gasteiger partial charge is 0.407 e. The molecular formula is C19H24N6O3. The Balaban J connectivity index is 1.53. The fraction of sp³-hybridized carbons (Fsp3) is 0.474. The topological polar surface area (TPSA) is 104 Å². The van der Waals surface area contributed by atoms with Crippen LogP contribution in [0.3, 0.4) is 0 Å². The van der Waals surface area contributed by atoms with Gasteiger partial charge in [0.05, 0.1) is 24.7 Å². The van der Waals surface area contributed by atoms with Crippen molar-refractivity contribution in [3.63, 3.8) is 0 Å². The summed E-state index contributed by atoms with van der Waals surface area (Å²) >= 11 is 0. The molecule has 1 atom stereocenters. The highest BCUT2D eigenvalue weighted by Crippen LogP contribution is 2.29. The van der Waals surface area contributed by atoms with E-state index in [0.717, 1.165) is 47.7 Å². The minimum atomic E-state index is -0.873. The van der Waals surface area contributed by atoms with E-state index in [4.69, 9.17) is 9.84 Å². The van der Waals surface area contributed by atoms with Crippen molar-refractivity contribution in [1.29, 1.82) is 0 Å². The number of hydrogen-bond acceptors (Lipinski definition) is 7. The number of likely N-dealkylation sites (tertiary alicyclic amines) is 1. The predicted octanol–water partition coefficient (Wildman–Crippen LogP) is 1.92. The Bertz CT molecular complexity index is 890. The molecule has 0 aliphatic carbocycles. The molecule has 0 saturated carbocycles. The molecule has 28 heavy (non-hydrogen) atoms. The van der Waals surface area contributed by atoms with Crippen LogP contribution < -0.4 is 15.0 Å². The van der Waals surface area contributed by atoms with E-state index in [1.165, 1.54) is 4.90 Å². The van der Waals surface area contributed by atoms with Crippen molar-refractivity contribution in [3.8, 4) is 5.88 Å². The number of nitrogens with zero attached hydrogens (tertiary/aromatic N) is 5. The maximum atomic E-state index is 11.2. The Morgan fingerprint density at radius 2 is 2.18 bits per heavy atom. The van der Waals surface area contributed by atoms with E-state index in [1.807, 2.05) is 13.1 Å². The normalized spacial score (nSPS) is 18.7. The van der Waals surface area contributed by atoms with Crippen molar-refractivity contribution in [1.82, 2.24) is 19.9 Å². The number of ether oxygens (including phenoxy) is 1. The van der Waals surface area contributed by atoms with Crippen molar-refractivity contribution in [2.45, 2.75) is 32.4 Å². The molecule has 1 fully saturated rings. The molecule has 2 aliphatic rings. The molecule has 2 aliphatic heterocycles. The number of anilines is 2. The Morgan fingerprint density at radius 3 is 2.89 bits per heavy atom. The maximum Gasteiger partial charge on any atom is 0.407 e. The molecule has 4 heterocycles. The third-order valence-corrected chi connectivity index (χ3v) is 5.38. The average molecular weight is 384 g/mol. The SMILES string of the molecule is COc1ncc(N2CCc3ncnc(N[C@H]4CCN(C(=O)O)C4)c3C2)cc1C. The highest BCUT2D eigenvalue weighted by atomic mass is 16.5. The average Bonchev–Trinajstić information content (AvgIpc) is 3.17. The van der Waals surface area contributed by atoms with E-state index in [1.54, 1.807) is 13.4 Å². The first-order chi connectivity index (χ1) is 13.5. The van der Waals surface area contributed by atoms with E-state index in [-0.39, 0.29) is 6.04 Å². The summed E-state index contributed by atoms with van der Waals surface area (Å²) in [5.74, 6) is 1.43. The second kappa shape index (κ2) is 7.49. The lowest BCUT2D eigenvalue weighted by Gasteiger charge is -2.31. The van der Waals surface area contributed by atoms with E-state index in [9.17, 15) is 4.79 Å². The van der Waals surface area contributed by atoms with Crippen LogP contribution in [0.15, 0.2) is 18.6 Å². The van der Waals surface area contributed by atoms with Crippen LogP contribution in [0.1, 0.15) is 23.2 Å². The van der Waals surface area contributed by atoms with E-state index >= 15 is 0 Å². The number of hydrogen-bond donors (Lipinski definition) is 2. The molecule has 1 amide bonds. The van der Waals surface area contributed by atoms with Crippen molar-refractivity contribution in [3.05, 3.63) is 35.4 Å². The lowest BCUT2D eigenvalue weighted by Crippen LogP contribution is -2.34. The fourth-order valence-corrected chi connectivity index (χ4v) is 3.87. The number of methoxy groups -OCH3 is 1. The van der Waals surface area contributed by atoms with Crippen LogP contribution >= 0.6 is 0 Å². The van der Waals surface area contributed by atoms with Gasteiger partial charge in [0.15, 0.2) is 0 Å². The molecule has 0 spiro atoms. The highest BCUT2D eigenvalue weighted by Gasteiger charge is 2.28.